The Bertz CT molecular complexity index is 578. The number of nitrogens with one attached hydrogen (secondary N) is 1. The molecule has 0 unspecified atom stereocenters. The molecule has 0 aliphatic heterocycles. The van der Waals surface area contributed by atoms with Gasteiger partial charge in [0.15, 0.2) is 12.2 Å². The summed E-state index contributed by atoms with van der Waals surface area (Å²) in [5.74, 6) is -0.732. The summed E-state index contributed by atoms with van der Waals surface area (Å²) in [6.07, 6.45) is 2.66. The number of anilines is 1. The van der Waals surface area contributed by atoms with Gasteiger partial charge < -0.3 is 14.8 Å². The van der Waals surface area contributed by atoms with Crippen LogP contribution in [0.5, 0.6) is 0 Å². The molecule has 0 radical (unpaired) electrons. The molecular formula is C13H12N2O4. The number of aliphatic carboxylic acids is 1. The summed E-state index contributed by atoms with van der Waals surface area (Å²) in [4.78, 5) is 25.7. The first kappa shape index (κ1) is 12.8. The summed E-state index contributed by atoms with van der Waals surface area (Å²) < 4.78 is 5.16. The Balaban J connectivity index is 2.03. The third-order valence-corrected chi connectivity index (χ3v) is 2.43. The number of carboxylic acid groups (broad SMARTS) is 1. The first-order valence-corrected chi connectivity index (χ1v) is 5.66. The van der Waals surface area contributed by atoms with Gasteiger partial charge in [-0.2, -0.15) is 0 Å². The van der Waals surface area contributed by atoms with Crippen LogP contribution in [0.4, 0.5) is 5.69 Å². The number of carbonyl (C=O) groups is 2. The quantitative estimate of drug-likeness (QED) is 0.859. The van der Waals surface area contributed by atoms with E-state index in [1.165, 1.54) is 6.39 Å². The molecule has 2 aromatic rings. The number of benzene rings is 1. The lowest BCUT2D eigenvalue weighted by atomic mass is 10.1. The van der Waals surface area contributed by atoms with Gasteiger partial charge >= 0.3 is 5.97 Å². The molecule has 0 aliphatic carbocycles. The van der Waals surface area contributed by atoms with Gasteiger partial charge in [-0.3, -0.25) is 9.59 Å². The van der Waals surface area contributed by atoms with Crippen LogP contribution < -0.4 is 5.32 Å². The average molecular weight is 260 g/mol. The predicted molar refractivity (Wildman–Crippen MR) is 67.4 cm³/mol. The minimum Gasteiger partial charge on any atom is -0.481 e. The van der Waals surface area contributed by atoms with E-state index in [4.69, 9.17) is 9.52 Å². The summed E-state index contributed by atoms with van der Waals surface area (Å²) >= 11 is 0. The van der Waals surface area contributed by atoms with E-state index in [0.717, 1.165) is 5.56 Å². The van der Waals surface area contributed by atoms with Crippen molar-refractivity contribution in [3.8, 4) is 11.3 Å². The van der Waals surface area contributed by atoms with Crippen molar-refractivity contribution in [2.75, 3.05) is 5.32 Å². The van der Waals surface area contributed by atoms with E-state index >= 15 is 0 Å². The monoisotopic (exact) mass is 260 g/mol. The number of hydrogen-bond donors (Lipinski definition) is 2. The van der Waals surface area contributed by atoms with Gasteiger partial charge in [-0.05, 0) is 12.1 Å². The second-order valence-corrected chi connectivity index (χ2v) is 3.89. The van der Waals surface area contributed by atoms with E-state index in [1.54, 1.807) is 24.4 Å². The molecule has 0 atom stereocenters. The van der Waals surface area contributed by atoms with E-state index < -0.39 is 5.97 Å². The second kappa shape index (κ2) is 5.81. The van der Waals surface area contributed by atoms with Crippen LogP contribution in [0.15, 0.2) is 41.3 Å². The van der Waals surface area contributed by atoms with Gasteiger partial charge in [-0.1, -0.05) is 12.1 Å². The number of carboxylic acids is 1. The van der Waals surface area contributed by atoms with Crippen molar-refractivity contribution in [3.05, 3.63) is 36.9 Å². The second-order valence-electron chi connectivity index (χ2n) is 3.89. The molecule has 0 spiro atoms. The van der Waals surface area contributed by atoms with Crippen LogP contribution in [0.25, 0.3) is 11.3 Å². The fraction of sp³-hybridized carbons (Fsp3) is 0.154. The minimum absolute atomic E-state index is 0.0537. The number of hydrogen-bond acceptors (Lipinski definition) is 4. The van der Waals surface area contributed by atoms with Crippen molar-refractivity contribution in [1.29, 1.82) is 0 Å². The van der Waals surface area contributed by atoms with Crippen molar-refractivity contribution >= 4 is 17.6 Å². The fourth-order valence-corrected chi connectivity index (χ4v) is 1.55. The number of amides is 1. The highest BCUT2D eigenvalue weighted by Gasteiger charge is 2.07. The van der Waals surface area contributed by atoms with E-state index in [0.29, 0.717) is 11.4 Å². The summed E-state index contributed by atoms with van der Waals surface area (Å²) in [6.45, 7) is 0. The smallest absolute Gasteiger partial charge is 0.303 e. The SMILES string of the molecule is O=C(O)CCC(=O)Nc1cccc(-c2cnco2)c1. The number of rotatable bonds is 5. The summed E-state index contributed by atoms with van der Waals surface area (Å²) in [5.41, 5.74) is 1.37. The van der Waals surface area contributed by atoms with Gasteiger partial charge in [0, 0.05) is 17.7 Å². The molecule has 98 valence electrons. The number of oxazole rings is 1. The van der Waals surface area contributed by atoms with Gasteiger partial charge in [0.25, 0.3) is 0 Å². The van der Waals surface area contributed by atoms with Crippen LogP contribution in [-0.2, 0) is 9.59 Å². The van der Waals surface area contributed by atoms with Crippen LogP contribution in [-0.4, -0.2) is 22.0 Å². The Labute approximate surface area is 109 Å². The standard InChI is InChI=1S/C13H12N2O4/c16-12(4-5-13(17)18)15-10-3-1-2-9(6-10)11-7-14-8-19-11/h1-3,6-8H,4-5H2,(H,15,16)(H,17,18). The topological polar surface area (TPSA) is 92.4 Å². The zero-order valence-electron chi connectivity index (χ0n) is 10.00. The molecule has 19 heavy (non-hydrogen) atoms. The molecule has 0 fully saturated rings. The fourth-order valence-electron chi connectivity index (χ4n) is 1.55. The van der Waals surface area contributed by atoms with Crippen LogP contribution >= 0.6 is 0 Å². The summed E-state index contributed by atoms with van der Waals surface area (Å²) in [6, 6.07) is 7.05. The third kappa shape index (κ3) is 3.67. The number of aromatic nitrogens is 1. The van der Waals surface area contributed by atoms with Crippen LogP contribution in [0.3, 0.4) is 0 Å². The van der Waals surface area contributed by atoms with Crippen molar-refractivity contribution in [1.82, 2.24) is 4.98 Å². The maximum Gasteiger partial charge on any atom is 0.303 e. The van der Waals surface area contributed by atoms with Crippen molar-refractivity contribution in [2.45, 2.75) is 12.8 Å². The largest absolute Gasteiger partial charge is 0.481 e. The highest BCUT2D eigenvalue weighted by atomic mass is 16.4. The van der Waals surface area contributed by atoms with Crippen molar-refractivity contribution in [3.63, 3.8) is 0 Å². The Morgan fingerprint density at radius 2 is 2.16 bits per heavy atom. The third-order valence-electron chi connectivity index (χ3n) is 2.43. The van der Waals surface area contributed by atoms with E-state index in [1.807, 2.05) is 6.07 Å². The molecule has 1 heterocycles. The molecule has 6 nitrogen and oxygen atoms in total. The van der Waals surface area contributed by atoms with Crippen LogP contribution in [0.1, 0.15) is 12.8 Å². The molecule has 2 rings (SSSR count). The molecule has 0 bridgehead atoms. The summed E-state index contributed by atoms with van der Waals surface area (Å²) in [5, 5.41) is 11.1. The van der Waals surface area contributed by atoms with Gasteiger partial charge in [-0.15, -0.1) is 0 Å². The van der Waals surface area contributed by atoms with E-state index in [2.05, 4.69) is 10.3 Å². The zero-order chi connectivity index (χ0) is 13.7. The van der Waals surface area contributed by atoms with Gasteiger partial charge in [0.2, 0.25) is 5.91 Å². The Hall–Kier alpha value is -2.63. The lowest BCUT2D eigenvalue weighted by molar-refractivity contribution is -0.138. The van der Waals surface area contributed by atoms with Gasteiger partial charge in [-0.25, -0.2) is 4.98 Å². The lowest BCUT2D eigenvalue weighted by Crippen LogP contribution is -2.13. The maximum absolute atomic E-state index is 11.5. The van der Waals surface area contributed by atoms with Crippen molar-refractivity contribution in [2.24, 2.45) is 0 Å². The average Bonchev–Trinajstić information content (AvgIpc) is 2.90. The summed E-state index contributed by atoms with van der Waals surface area (Å²) in [7, 11) is 0. The highest BCUT2D eigenvalue weighted by molar-refractivity contribution is 5.92. The molecule has 0 aliphatic rings. The Morgan fingerprint density at radius 3 is 2.84 bits per heavy atom. The first-order chi connectivity index (χ1) is 9.15. The minimum atomic E-state index is -0.995. The van der Waals surface area contributed by atoms with E-state index in [9.17, 15) is 9.59 Å². The Morgan fingerprint density at radius 1 is 1.32 bits per heavy atom. The zero-order valence-corrected chi connectivity index (χ0v) is 10.00. The molecule has 0 saturated carbocycles. The lowest BCUT2D eigenvalue weighted by Gasteiger charge is -2.05. The molecule has 1 aromatic carbocycles. The normalized spacial score (nSPS) is 10.1. The predicted octanol–water partition coefficient (Wildman–Crippen LogP) is 2.14. The molecular weight excluding hydrogens is 248 g/mol. The van der Waals surface area contributed by atoms with Crippen LogP contribution in [0.2, 0.25) is 0 Å². The number of nitrogens with zero attached hydrogens (tertiary/aromatic N) is 1. The highest BCUT2D eigenvalue weighted by Crippen LogP contribution is 2.22. The van der Waals surface area contributed by atoms with E-state index in [-0.39, 0.29) is 18.7 Å². The maximum atomic E-state index is 11.5. The Kier molecular flexibility index (Phi) is 3.92. The van der Waals surface area contributed by atoms with Gasteiger partial charge in [0.1, 0.15) is 0 Å². The molecule has 2 N–H and O–H groups in total. The molecule has 6 heteroatoms. The molecule has 0 saturated heterocycles. The molecule has 1 amide bonds. The molecule has 1 aromatic heterocycles. The number of carbonyl (C=O) groups excluding carboxylic acids is 1. The van der Waals surface area contributed by atoms with Crippen molar-refractivity contribution < 1.29 is 19.1 Å². The van der Waals surface area contributed by atoms with Gasteiger partial charge in [0.05, 0.1) is 12.6 Å². The first-order valence-electron chi connectivity index (χ1n) is 5.66. The van der Waals surface area contributed by atoms with Crippen LogP contribution in [0, 0.1) is 0 Å².